The van der Waals surface area contributed by atoms with Crippen molar-refractivity contribution >= 4 is 12.1 Å². The van der Waals surface area contributed by atoms with Gasteiger partial charge in [0.05, 0.1) is 0 Å². The molecule has 1 unspecified atom stereocenters. The number of fused-ring (bicyclic) bond motifs is 1. The average Bonchev–Trinajstić information content (AvgIpc) is 2.60. The van der Waals surface area contributed by atoms with Crippen molar-refractivity contribution in [1.82, 2.24) is 4.90 Å². The minimum absolute atomic E-state index is 0.127. The number of halogens is 1. The molecule has 3 atom stereocenters. The van der Waals surface area contributed by atoms with Crippen LogP contribution in [0.1, 0.15) is 20.8 Å². The molecule has 0 aromatic heterocycles. The summed E-state index contributed by atoms with van der Waals surface area (Å²) in [6.45, 7) is 5.50. The largest absolute Gasteiger partial charge is 0.479 e. The summed E-state index contributed by atoms with van der Waals surface area (Å²) in [5.41, 5.74) is -2.72. The van der Waals surface area contributed by atoms with Gasteiger partial charge in [-0.25, -0.2) is 14.0 Å². The Kier molecular flexibility index (Phi) is 2.38. The van der Waals surface area contributed by atoms with Crippen molar-refractivity contribution in [2.24, 2.45) is 11.8 Å². The maximum atomic E-state index is 13.7. The Morgan fingerprint density at radius 2 is 1.82 bits per heavy atom. The van der Waals surface area contributed by atoms with Crippen LogP contribution in [0.15, 0.2) is 0 Å². The molecule has 0 bridgehead atoms. The van der Waals surface area contributed by atoms with Crippen molar-refractivity contribution in [2.75, 3.05) is 13.1 Å². The van der Waals surface area contributed by atoms with E-state index in [4.69, 9.17) is 9.84 Å². The third-order valence-corrected chi connectivity index (χ3v) is 3.27. The molecule has 0 aromatic rings. The first kappa shape index (κ1) is 12.1. The van der Waals surface area contributed by atoms with Crippen LogP contribution in [0.2, 0.25) is 0 Å². The van der Waals surface area contributed by atoms with Crippen molar-refractivity contribution in [3.8, 4) is 0 Å². The summed E-state index contributed by atoms with van der Waals surface area (Å²) in [6, 6.07) is 0. The molecular weight excluding hydrogens is 229 g/mol. The highest BCUT2D eigenvalue weighted by Gasteiger charge is 2.75. The van der Waals surface area contributed by atoms with Gasteiger partial charge in [0.2, 0.25) is 5.67 Å². The molecule has 2 rings (SSSR count). The SMILES string of the molecule is CC(C)(C)OC(=O)N1C[C@@H]2[C@H](C1)C2(F)C(=O)O. The molecule has 1 aliphatic heterocycles. The molecule has 6 heteroatoms. The maximum absolute atomic E-state index is 13.7. The van der Waals surface area contributed by atoms with E-state index in [0.717, 1.165) is 0 Å². The number of nitrogens with zero attached hydrogens (tertiary/aromatic N) is 1. The van der Waals surface area contributed by atoms with Gasteiger partial charge in [-0.05, 0) is 20.8 Å². The number of carbonyl (C=O) groups is 2. The van der Waals surface area contributed by atoms with Gasteiger partial charge in [0, 0.05) is 24.9 Å². The Balaban J connectivity index is 1.92. The lowest BCUT2D eigenvalue weighted by Gasteiger charge is -2.26. The third-order valence-electron chi connectivity index (χ3n) is 3.27. The lowest BCUT2D eigenvalue weighted by atomic mass is 10.2. The van der Waals surface area contributed by atoms with Crippen LogP contribution in [-0.4, -0.2) is 46.4 Å². The first-order valence-electron chi connectivity index (χ1n) is 5.56. The molecule has 1 aliphatic carbocycles. The van der Waals surface area contributed by atoms with E-state index in [2.05, 4.69) is 0 Å². The van der Waals surface area contributed by atoms with Crippen LogP contribution in [0, 0.1) is 11.8 Å². The molecule has 0 radical (unpaired) electrons. The molecule has 2 fully saturated rings. The molecule has 5 nitrogen and oxygen atoms in total. The first-order valence-corrected chi connectivity index (χ1v) is 5.56. The van der Waals surface area contributed by atoms with E-state index < -0.39 is 35.2 Å². The van der Waals surface area contributed by atoms with Crippen molar-refractivity contribution in [1.29, 1.82) is 0 Å². The lowest BCUT2D eigenvalue weighted by molar-refractivity contribution is -0.146. The van der Waals surface area contributed by atoms with Crippen LogP contribution >= 0.6 is 0 Å². The maximum Gasteiger partial charge on any atom is 0.410 e. The molecule has 1 amide bonds. The van der Waals surface area contributed by atoms with Crippen LogP contribution < -0.4 is 0 Å². The van der Waals surface area contributed by atoms with Gasteiger partial charge in [0.15, 0.2) is 0 Å². The Bertz CT molecular complexity index is 364. The summed E-state index contributed by atoms with van der Waals surface area (Å²) in [6.07, 6.45) is -0.502. The highest BCUT2D eigenvalue weighted by atomic mass is 19.1. The monoisotopic (exact) mass is 245 g/mol. The first-order chi connectivity index (χ1) is 7.66. The number of hydrogen-bond acceptors (Lipinski definition) is 3. The van der Waals surface area contributed by atoms with Gasteiger partial charge < -0.3 is 14.7 Å². The van der Waals surface area contributed by atoms with Crippen molar-refractivity contribution in [3.05, 3.63) is 0 Å². The number of carboxylic acid groups (broad SMARTS) is 1. The Morgan fingerprint density at radius 3 is 2.18 bits per heavy atom. The van der Waals surface area contributed by atoms with Gasteiger partial charge >= 0.3 is 12.1 Å². The van der Waals surface area contributed by atoms with Crippen LogP contribution in [0.4, 0.5) is 9.18 Å². The zero-order valence-corrected chi connectivity index (χ0v) is 10.1. The number of carbonyl (C=O) groups excluding carboxylic acids is 1. The number of rotatable bonds is 1. The third kappa shape index (κ3) is 1.85. The second-order valence-corrected chi connectivity index (χ2v) is 5.67. The van der Waals surface area contributed by atoms with E-state index >= 15 is 0 Å². The second-order valence-electron chi connectivity index (χ2n) is 5.67. The molecule has 1 heterocycles. The number of amides is 1. The van der Waals surface area contributed by atoms with E-state index in [1.54, 1.807) is 20.8 Å². The molecule has 17 heavy (non-hydrogen) atoms. The van der Waals surface area contributed by atoms with E-state index in [9.17, 15) is 14.0 Å². The topological polar surface area (TPSA) is 66.8 Å². The number of hydrogen-bond donors (Lipinski definition) is 1. The highest BCUT2D eigenvalue weighted by Crippen LogP contribution is 2.58. The van der Waals surface area contributed by atoms with E-state index in [1.807, 2.05) is 0 Å². The fourth-order valence-electron chi connectivity index (χ4n) is 2.36. The zero-order chi connectivity index (χ0) is 13.0. The number of ether oxygens (including phenoxy) is 1. The summed E-state index contributed by atoms with van der Waals surface area (Å²) in [4.78, 5) is 23.7. The molecule has 96 valence electrons. The van der Waals surface area contributed by atoms with Gasteiger partial charge in [-0.3, -0.25) is 0 Å². The number of likely N-dealkylation sites (tertiary alicyclic amines) is 1. The summed E-state index contributed by atoms with van der Waals surface area (Å²) in [7, 11) is 0. The zero-order valence-electron chi connectivity index (χ0n) is 10.1. The minimum atomic E-state index is -2.13. The number of alkyl halides is 1. The van der Waals surface area contributed by atoms with E-state index in [0.29, 0.717) is 0 Å². The van der Waals surface area contributed by atoms with Gasteiger partial charge in [-0.15, -0.1) is 0 Å². The van der Waals surface area contributed by atoms with Crippen molar-refractivity contribution in [3.63, 3.8) is 0 Å². The quantitative estimate of drug-likeness (QED) is 0.755. The molecule has 2 aliphatic rings. The Hall–Kier alpha value is -1.33. The smallest absolute Gasteiger partial charge is 0.410 e. The van der Waals surface area contributed by atoms with E-state index in [-0.39, 0.29) is 13.1 Å². The molecule has 0 spiro atoms. The van der Waals surface area contributed by atoms with Crippen LogP contribution in [-0.2, 0) is 9.53 Å². The number of carboxylic acids is 1. The summed E-state index contributed by atoms with van der Waals surface area (Å²) in [5.74, 6) is -2.57. The number of piperidine rings is 1. The fraction of sp³-hybridized carbons (Fsp3) is 0.818. The van der Waals surface area contributed by atoms with Gasteiger partial charge in [-0.2, -0.15) is 0 Å². The highest BCUT2D eigenvalue weighted by molar-refractivity contribution is 5.84. The molecule has 0 aromatic carbocycles. The molecule has 1 saturated heterocycles. The lowest BCUT2D eigenvalue weighted by Crippen LogP contribution is -2.40. The fourth-order valence-corrected chi connectivity index (χ4v) is 2.36. The van der Waals surface area contributed by atoms with Crippen molar-refractivity contribution < 1.29 is 23.8 Å². The van der Waals surface area contributed by atoms with Crippen LogP contribution in [0.3, 0.4) is 0 Å². The minimum Gasteiger partial charge on any atom is -0.479 e. The van der Waals surface area contributed by atoms with Crippen LogP contribution in [0.25, 0.3) is 0 Å². The summed E-state index contributed by atoms with van der Waals surface area (Å²) < 4.78 is 18.9. The number of aliphatic carboxylic acids is 1. The Morgan fingerprint density at radius 1 is 1.35 bits per heavy atom. The normalized spacial score (nSPS) is 35.4. The predicted molar refractivity (Wildman–Crippen MR) is 56.3 cm³/mol. The summed E-state index contributed by atoms with van der Waals surface area (Å²) in [5, 5.41) is 8.72. The van der Waals surface area contributed by atoms with Gasteiger partial charge in [0.1, 0.15) is 5.60 Å². The summed E-state index contributed by atoms with van der Waals surface area (Å²) >= 11 is 0. The Labute approximate surface area is 98.5 Å². The average molecular weight is 245 g/mol. The van der Waals surface area contributed by atoms with Gasteiger partial charge in [0.25, 0.3) is 0 Å². The molecule has 1 saturated carbocycles. The second kappa shape index (κ2) is 3.34. The van der Waals surface area contributed by atoms with Crippen molar-refractivity contribution in [2.45, 2.75) is 32.0 Å². The van der Waals surface area contributed by atoms with Crippen LogP contribution in [0.5, 0.6) is 0 Å². The standard InChI is InChI=1S/C11H16FNO4/c1-10(2,3)17-9(16)13-4-6-7(5-13)11(6,12)8(14)15/h6-7H,4-5H2,1-3H3,(H,14,15)/t6-,7+,11?. The molecular formula is C11H16FNO4. The predicted octanol–water partition coefficient (Wildman–Crippen LogP) is 1.28. The van der Waals surface area contributed by atoms with Gasteiger partial charge in [-0.1, -0.05) is 0 Å². The molecule has 1 N–H and O–H groups in total. The van der Waals surface area contributed by atoms with E-state index in [1.165, 1.54) is 4.90 Å².